The summed E-state index contributed by atoms with van der Waals surface area (Å²) in [4.78, 5) is 12.7. The van der Waals surface area contributed by atoms with E-state index in [-0.39, 0.29) is 11.9 Å². The van der Waals surface area contributed by atoms with Crippen LogP contribution in [0.15, 0.2) is 42.5 Å². The number of carbonyl (C=O) groups is 1. The highest BCUT2D eigenvalue weighted by atomic mass is 16.5. The Morgan fingerprint density at radius 2 is 1.77 bits per heavy atom. The molecule has 0 heterocycles. The molecule has 2 unspecified atom stereocenters. The molecule has 1 aliphatic rings. The summed E-state index contributed by atoms with van der Waals surface area (Å²) in [6.45, 7) is 3.97. The number of aryl methyl sites for hydroxylation is 2. The predicted molar refractivity (Wildman–Crippen MR) is 103 cm³/mol. The fourth-order valence-corrected chi connectivity index (χ4v) is 3.39. The van der Waals surface area contributed by atoms with Gasteiger partial charge in [0, 0.05) is 0 Å². The predicted octanol–water partition coefficient (Wildman–Crippen LogP) is 4.22. The van der Waals surface area contributed by atoms with Crippen LogP contribution in [0.3, 0.4) is 0 Å². The van der Waals surface area contributed by atoms with E-state index in [9.17, 15) is 4.79 Å². The van der Waals surface area contributed by atoms with Gasteiger partial charge >= 0.3 is 0 Å². The summed E-state index contributed by atoms with van der Waals surface area (Å²) in [6.07, 6.45) is 3.63. The van der Waals surface area contributed by atoms with Crippen LogP contribution in [0.1, 0.15) is 49.4 Å². The summed E-state index contributed by atoms with van der Waals surface area (Å²) in [7, 11) is 1.62. The normalized spacial score (nSPS) is 15.0. The Kier molecular flexibility index (Phi) is 5.82. The van der Waals surface area contributed by atoms with Crippen molar-refractivity contribution < 1.29 is 14.3 Å². The Bertz CT molecular complexity index is 754. The molecule has 1 amide bonds. The van der Waals surface area contributed by atoms with E-state index in [1.807, 2.05) is 38.1 Å². The third-order valence-electron chi connectivity index (χ3n) is 4.98. The summed E-state index contributed by atoms with van der Waals surface area (Å²) in [6, 6.07) is 13.8. The molecule has 0 bridgehead atoms. The van der Waals surface area contributed by atoms with Gasteiger partial charge in [0.25, 0.3) is 5.91 Å². The van der Waals surface area contributed by atoms with Gasteiger partial charge in [-0.25, -0.2) is 0 Å². The fourth-order valence-electron chi connectivity index (χ4n) is 3.39. The quantitative estimate of drug-likeness (QED) is 0.811. The maximum absolute atomic E-state index is 12.7. The number of amides is 1. The molecular formula is C22H27NO3. The van der Waals surface area contributed by atoms with Crippen molar-refractivity contribution in [2.24, 2.45) is 0 Å². The first-order chi connectivity index (χ1) is 12.6. The Morgan fingerprint density at radius 1 is 1.08 bits per heavy atom. The average molecular weight is 353 g/mol. The number of benzene rings is 2. The van der Waals surface area contributed by atoms with Crippen molar-refractivity contribution in [3.05, 3.63) is 59.2 Å². The minimum atomic E-state index is -0.514. The minimum absolute atomic E-state index is 0.0399. The molecule has 0 saturated carbocycles. The molecule has 26 heavy (non-hydrogen) atoms. The lowest BCUT2D eigenvalue weighted by Crippen LogP contribution is -2.39. The zero-order valence-electron chi connectivity index (χ0n) is 15.7. The number of carbonyl (C=O) groups excluding carboxylic acids is 1. The van der Waals surface area contributed by atoms with Crippen LogP contribution < -0.4 is 14.8 Å². The van der Waals surface area contributed by atoms with Crippen molar-refractivity contribution in [2.45, 2.75) is 51.7 Å². The van der Waals surface area contributed by atoms with Crippen LogP contribution in [0.5, 0.6) is 11.5 Å². The van der Waals surface area contributed by atoms with Gasteiger partial charge < -0.3 is 14.8 Å². The second kappa shape index (κ2) is 8.26. The summed E-state index contributed by atoms with van der Waals surface area (Å²) in [5.41, 5.74) is 4.02. The van der Waals surface area contributed by atoms with Crippen molar-refractivity contribution in [1.29, 1.82) is 0 Å². The van der Waals surface area contributed by atoms with E-state index >= 15 is 0 Å². The molecule has 0 aromatic heterocycles. The molecule has 0 saturated heterocycles. The highest BCUT2D eigenvalue weighted by Gasteiger charge is 2.21. The number of methoxy groups -OCH3 is 1. The monoisotopic (exact) mass is 353 g/mol. The van der Waals surface area contributed by atoms with E-state index in [1.54, 1.807) is 7.11 Å². The highest BCUT2D eigenvalue weighted by molar-refractivity contribution is 5.81. The molecule has 1 aliphatic carbocycles. The van der Waals surface area contributed by atoms with Gasteiger partial charge in [0.1, 0.15) is 11.5 Å². The van der Waals surface area contributed by atoms with Gasteiger partial charge in [0.15, 0.2) is 6.10 Å². The molecular weight excluding hydrogens is 326 g/mol. The Morgan fingerprint density at radius 3 is 2.46 bits per heavy atom. The van der Waals surface area contributed by atoms with Crippen LogP contribution in [-0.2, 0) is 17.6 Å². The highest BCUT2D eigenvalue weighted by Crippen LogP contribution is 2.25. The van der Waals surface area contributed by atoms with E-state index in [2.05, 4.69) is 23.5 Å². The second-order valence-electron chi connectivity index (χ2n) is 6.80. The standard InChI is InChI=1S/C22H27NO3/c1-4-21(26-20-12-10-19(25-3)11-13-20)22(24)23-15(2)17-9-8-16-6-5-7-18(16)14-17/h8-15,21H,4-7H2,1-3H3,(H,23,24). The molecule has 0 radical (unpaired) electrons. The van der Waals surface area contributed by atoms with Crippen LogP contribution >= 0.6 is 0 Å². The Balaban J connectivity index is 1.62. The van der Waals surface area contributed by atoms with Gasteiger partial charge in [-0.15, -0.1) is 0 Å². The lowest BCUT2D eigenvalue weighted by molar-refractivity contribution is -0.128. The third kappa shape index (κ3) is 4.18. The molecule has 0 spiro atoms. The summed E-state index contributed by atoms with van der Waals surface area (Å²) >= 11 is 0. The van der Waals surface area contributed by atoms with Crippen LogP contribution in [0.4, 0.5) is 0 Å². The average Bonchev–Trinajstić information content (AvgIpc) is 3.14. The maximum Gasteiger partial charge on any atom is 0.261 e. The Labute approximate surface area is 155 Å². The maximum atomic E-state index is 12.7. The van der Waals surface area contributed by atoms with Crippen LogP contribution in [0.25, 0.3) is 0 Å². The molecule has 2 aromatic rings. The fraction of sp³-hybridized carbons (Fsp3) is 0.409. The lowest BCUT2D eigenvalue weighted by Gasteiger charge is -2.21. The van der Waals surface area contributed by atoms with Gasteiger partial charge in [-0.05, 0) is 73.6 Å². The smallest absolute Gasteiger partial charge is 0.261 e. The first-order valence-electron chi connectivity index (χ1n) is 9.33. The number of ether oxygens (including phenoxy) is 2. The minimum Gasteiger partial charge on any atom is -0.497 e. The van der Waals surface area contributed by atoms with Gasteiger partial charge in [0.05, 0.1) is 13.2 Å². The molecule has 4 nitrogen and oxygen atoms in total. The summed E-state index contributed by atoms with van der Waals surface area (Å²) < 4.78 is 11.0. The van der Waals surface area contributed by atoms with Crippen molar-refractivity contribution in [2.75, 3.05) is 7.11 Å². The first kappa shape index (κ1) is 18.3. The molecule has 2 atom stereocenters. The van der Waals surface area contributed by atoms with E-state index in [0.717, 1.165) is 17.7 Å². The molecule has 1 N–H and O–H groups in total. The SMILES string of the molecule is CCC(Oc1ccc(OC)cc1)C(=O)NC(C)c1ccc2c(c1)CCC2. The van der Waals surface area contributed by atoms with Crippen molar-refractivity contribution in [3.63, 3.8) is 0 Å². The molecule has 0 fully saturated rings. The number of hydrogen-bond acceptors (Lipinski definition) is 3. The van der Waals surface area contributed by atoms with Crippen molar-refractivity contribution in [1.82, 2.24) is 5.32 Å². The second-order valence-corrected chi connectivity index (χ2v) is 6.80. The molecule has 2 aromatic carbocycles. The number of rotatable bonds is 7. The molecule has 3 rings (SSSR count). The summed E-state index contributed by atoms with van der Waals surface area (Å²) in [5, 5.41) is 3.09. The van der Waals surface area contributed by atoms with E-state index < -0.39 is 6.10 Å². The van der Waals surface area contributed by atoms with Gasteiger partial charge in [-0.2, -0.15) is 0 Å². The topological polar surface area (TPSA) is 47.6 Å². The number of nitrogens with one attached hydrogen (secondary N) is 1. The van der Waals surface area contributed by atoms with E-state index in [4.69, 9.17) is 9.47 Å². The van der Waals surface area contributed by atoms with Gasteiger partial charge in [-0.3, -0.25) is 4.79 Å². The van der Waals surface area contributed by atoms with E-state index in [0.29, 0.717) is 12.2 Å². The zero-order valence-corrected chi connectivity index (χ0v) is 15.7. The molecule has 138 valence electrons. The lowest BCUT2D eigenvalue weighted by atomic mass is 10.0. The van der Waals surface area contributed by atoms with Gasteiger partial charge in [-0.1, -0.05) is 25.1 Å². The third-order valence-corrected chi connectivity index (χ3v) is 4.98. The van der Waals surface area contributed by atoms with Crippen LogP contribution in [0, 0.1) is 0 Å². The summed E-state index contributed by atoms with van der Waals surface area (Å²) in [5.74, 6) is 1.34. The number of fused-ring (bicyclic) bond motifs is 1. The molecule has 0 aliphatic heterocycles. The first-order valence-corrected chi connectivity index (χ1v) is 9.33. The van der Waals surface area contributed by atoms with Crippen molar-refractivity contribution >= 4 is 5.91 Å². The zero-order chi connectivity index (χ0) is 18.5. The largest absolute Gasteiger partial charge is 0.497 e. The number of hydrogen-bond donors (Lipinski definition) is 1. The van der Waals surface area contributed by atoms with Gasteiger partial charge in [0.2, 0.25) is 0 Å². The van der Waals surface area contributed by atoms with E-state index in [1.165, 1.54) is 24.0 Å². The molecule has 4 heteroatoms. The van der Waals surface area contributed by atoms with Crippen LogP contribution in [0.2, 0.25) is 0 Å². The Hall–Kier alpha value is -2.49. The van der Waals surface area contributed by atoms with Crippen LogP contribution in [-0.4, -0.2) is 19.1 Å². The van der Waals surface area contributed by atoms with Crippen molar-refractivity contribution in [3.8, 4) is 11.5 Å².